The lowest BCUT2D eigenvalue weighted by Gasteiger charge is -2.15. The molecule has 0 fully saturated rings. The van der Waals surface area contributed by atoms with Crippen LogP contribution in [0.1, 0.15) is 43.0 Å². The zero-order valence-electron chi connectivity index (χ0n) is 11.8. The molecule has 20 heavy (non-hydrogen) atoms. The highest BCUT2D eigenvalue weighted by molar-refractivity contribution is 5.98. The minimum absolute atomic E-state index is 0.205. The smallest absolute Gasteiger partial charge is 0.303 e. The Labute approximate surface area is 119 Å². The number of carboxylic acid groups (broad SMARTS) is 1. The van der Waals surface area contributed by atoms with Crippen molar-refractivity contribution in [3.63, 3.8) is 0 Å². The van der Waals surface area contributed by atoms with Gasteiger partial charge in [0, 0.05) is 18.7 Å². The molecule has 1 aromatic rings. The fourth-order valence-electron chi connectivity index (χ4n) is 2.14. The third-order valence-electron chi connectivity index (χ3n) is 3.40. The first kappa shape index (κ1) is 16.0. The van der Waals surface area contributed by atoms with Crippen molar-refractivity contribution in [3.8, 4) is 0 Å². The molecule has 1 aromatic carbocycles. The van der Waals surface area contributed by atoms with Crippen LogP contribution < -0.4 is 11.1 Å². The molecule has 0 saturated heterocycles. The molecule has 1 atom stereocenters. The van der Waals surface area contributed by atoms with Crippen LogP contribution in [0.3, 0.4) is 0 Å². The van der Waals surface area contributed by atoms with Gasteiger partial charge < -0.3 is 16.2 Å². The van der Waals surface area contributed by atoms with Crippen molar-refractivity contribution in [1.29, 1.82) is 0 Å². The van der Waals surface area contributed by atoms with Crippen molar-refractivity contribution >= 4 is 17.6 Å². The van der Waals surface area contributed by atoms with E-state index in [1.807, 2.05) is 12.1 Å². The average Bonchev–Trinajstić information content (AvgIpc) is 2.42. The van der Waals surface area contributed by atoms with Crippen LogP contribution in [0.4, 0.5) is 5.69 Å². The number of amides is 1. The quantitative estimate of drug-likeness (QED) is 0.647. The third kappa shape index (κ3) is 5.30. The third-order valence-corrected chi connectivity index (χ3v) is 3.40. The molecule has 1 amide bonds. The number of carboxylic acids is 1. The highest BCUT2D eigenvalue weighted by Crippen LogP contribution is 2.18. The molecule has 110 valence electrons. The number of primary amides is 1. The van der Waals surface area contributed by atoms with Crippen molar-refractivity contribution < 1.29 is 14.7 Å². The second kappa shape index (κ2) is 8.19. The van der Waals surface area contributed by atoms with Gasteiger partial charge in [0.2, 0.25) is 0 Å². The summed E-state index contributed by atoms with van der Waals surface area (Å²) in [5, 5.41) is 11.9. The number of carbonyl (C=O) groups is 2. The van der Waals surface area contributed by atoms with Crippen molar-refractivity contribution in [2.75, 3.05) is 11.9 Å². The number of carbonyl (C=O) groups excluding carboxylic acids is 1. The maximum absolute atomic E-state index is 11.3. The zero-order chi connectivity index (χ0) is 15.0. The number of nitrogens with two attached hydrogens (primary N) is 1. The van der Waals surface area contributed by atoms with Crippen LogP contribution in [-0.2, 0) is 4.79 Å². The fourth-order valence-corrected chi connectivity index (χ4v) is 2.14. The van der Waals surface area contributed by atoms with Gasteiger partial charge in [-0.15, -0.1) is 0 Å². The van der Waals surface area contributed by atoms with E-state index in [1.165, 1.54) is 0 Å². The van der Waals surface area contributed by atoms with Crippen LogP contribution in [0.2, 0.25) is 0 Å². The molecule has 5 nitrogen and oxygen atoms in total. The number of anilines is 1. The summed E-state index contributed by atoms with van der Waals surface area (Å²) in [5.41, 5.74) is 6.52. The average molecular weight is 278 g/mol. The van der Waals surface area contributed by atoms with Gasteiger partial charge in [-0.1, -0.05) is 25.5 Å². The van der Waals surface area contributed by atoms with Crippen LogP contribution in [-0.4, -0.2) is 23.5 Å². The lowest BCUT2D eigenvalue weighted by Crippen LogP contribution is -2.16. The van der Waals surface area contributed by atoms with Gasteiger partial charge in [0.1, 0.15) is 0 Å². The highest BCUT2D eigenvalue weighted by Gasteiger charge is 2.10. The maximum atomic E-state index is 11.3. The Bertz CT molecular complexity index is 460. The van der Waals surface area contributed by atoms with E-state index < -0.39 is 11.9 Å². The summed E-state index contributed by atoms with van der Waals surface area (Å²) in [6.45, 7) is 2.76. The molecule has 5 heteroatoms. The van der Waals surface area contributed by atoms with E-state index in [-0.39, 0.29) is 6.42 Å². The molecule has 0 spiro atoms. The molecule has 4 N–H and O–H groups in total. The van der Waals surface area contributed by atoms with Crippen molar-refractivity contribution in [1.82, 2.24) is 0 Å². The van der Waals surface area contributed by atoms with E-state index in [0.29, 0.717) is 24.4 Å². The molecule has 0 aliphatic carbocycles. The Balaban J connectivity index is 2.47. The van der Waals surface area contributed by atoms with Crippen LogP contribution >= 0.6 is 0 Å². The van der Waals surface area contributed by atoms with Crippen molar-refractivity contribution in [2.24, 2.45) is 11.7 Å². The van der Waals surface area contributed by atoms with Gasteiger partial charge in [0.05, 0.1) is 5.56 Å². The number of hydrogen-bond acceptors (Lipinski definition) is 3. The van der Waals surface area contributed by atoms with E-state index in [0.717, 1.165) is 18.5 Å². The number of rotatable bonds is 9. The predicted octanol–water partition coefficient (Wildman–Crippen LogP) is 2.48. The molecule has 0 aliphatic rings. The predicted molar refractivity (Wildman–Crippen MR) is 78.7 cm³/mol. The fraction of sp³-hybridized carbons (Fsp3) is 0.467. The summed E-state index contributed by atoms with van der Waals surface area (Å²) in [6.07, 6.45) is 2.71. The first-order valence-corrected chi connectivity index (χ1v) is 6.89. The Morgan fingerprint density at radius 1 is 1.30 bits per heavy atom. The van der Waals surface area contributed by atoms with Gasteiger partial charge >= 0.3 is 5.97 Å². The molecule has 0 aliphatic heterocycles. The van der Waals surface area contributed by atoms with E-state index in [9.17, 15) is 9.59 Å². The van der Waals surface area contributed by atoms with Crippen LogP contribution in [0.25, 0.3) is 0 Å². The summed E-state index contributed by atoms with van der Waals surface area (Å²) in [6, 6.07) is 7.12. The molecule has 0 aromatic heterocycles. The maximum Gasteiger partial charge on any atom is 0.303 e. The van der Waals surface area contributed by atoms with Crippen molar-refractivity contribution in [3.05, 3.63) is 29.8 Å². The van der Waals surface area contributed by atoms with Crippen molar-refractivity contribution in [2.45, 2.75) is 32.6 Å². The van der Waals surface area contributed by atoms with Gasteiger partial charge in [-0.3, -0.25) is 9.59 Å². The van der Waals surface area contributed by atoms with Crippen LogP contribution in [0.15, 0.2) is 24.3 Å². The lowest BCUT2D eigenvalue weighted by atomic mass is 9.96. The minimum atomic E-state index is -0.754. The Morgan fingerprint density at radius 2 is 2.00 bits per heavy atom. The number of nitrogens with one attached hydrogen (secondary N) is 1. The van der Waals surface area contributed by atoms with Gasteiger partial charge in [-0.25, -0.2) is 0 Å². The molecular weight excluding hydrogens is 256 g/mol. The summed E-state index contributed by atoms with van der Waals surface area (Å²) in [4.78, 5) is 21.8. The van der Waals surface area contributed by atoms with Crippen LogP contribution in [0, 0.1) is 5.92 Å². The SMILES string of the molecule is CCC(CCNc1ccccc1C(N)=O)CCC(=O)O. The van der Waals surface area contributed by atoms with Crippen LogP contribution in [0.5, 0.6) is 0 Å². The standard InChI is InChI=1S/C15H22N2O3/c1-2-11(7-8-14(18)19)9-10-17-13-6-4-3-5-12(13)15(16)20/h3-6,11,17H,2,7-10H2,1H3,(H2,16,20)(H,18,19). The number of para-hydroxylation sites is 1. The molecule has 1 unspecified atom stereocenters. The van der Waals surface area contributed by atoms with Gasteiger partial charge in [-0.2, -0.15) is 0 Å². The molecule has 1 rings (SSSR count). The molecule has 0 bridgehead atoms. The van der Waals surface area contributed by atoms with E-state index in [2.05, 4.69) is 12.2 Å². The summed E-state index contributed by atoms with van der Waals surface area (Å²) in [5.74, 6) is -0.833. The normalized spacial score (nSPS) is 11.8. The second-order valence-electron chi connectivity index (χ2n) is 4.83. The Kier molecular flexibility index (Phi) is 6.56. The van der Waals surface area contributed by atoms with Gasteiger partial charge in [-0.05, 0) is 30.9 Å². The Morgan fingerprint density at radius 3 is 2.60 bits per heavy atom. The molecule has 0 saturated carbocycles. The first-order chi connectivity index (χ1) is 9.54. The van der Waals surface area contributed by atoms with Gasteiger partial charge in [0.25, 0.3) is 5.91 Å². The van der Waals surface area contributed by atoms with E-state index in [1.54, 1.807) is 12.1 Å². The Hall–Kier alpha value is -2.04. The lowest BCUT2D eigenvalue weighted by molar-refractivity contribution is -0.137. The summed E-state index contributed by atoms with van der Waals surface area (Å²) < 4.78 is 0. The summed E-state index contributed by atoms with van der Waals surface area (Å²) in [7, 11) is 0. The summed E-state index contributed by atoms with van der Waals surface area (Å²) >= 11 is 0. The number of benzene rings is 1. The minimum Gasteiger partial charge on any atom is -0.481 e. The molecule has 0 radical (unpaired) electrons. The van der Waals surface area contributed by atoms with E-state index in [4.69, 9.17) is 10.8 Å². The van der Waals surface area contributed by atoms with E-state index >= 15 is 0 Å². The zero-order valence-corrected chi connectivity index (χ0v) is 11.8. The second-order valence-corrected chi connectivity index (χ2v) is 4.83. The van der Waals surface area contributed by atoms with Gasteiger partial charge in [0.15, 0.2) is 0 Å². The first-order valence-electron chi connectivity index (χ1n) is 6.89. The number of hydrogen-bond donors (Lipinski definition) is 3. The topological polar surface area (TPSA) is 92.4 Å². The highest BCUT2D eigenvalue weighted by atomic mass is 16.4. The largest absolute Gasteiger partial charge is 0.481 e. The molecule has 0 heterocycles. The molecular formula is C15H22N2O3. The monoisotopic (exact) mass is 278 g/mol. The number of aliphatic carboxylic acids is 1.